The average Bonchev–Trinajstić information content (AvgIpc) is 3.09. The molecule has 1 atom stereocenters. The van der Waals surface area contributed by atoms with Gasteiger partial charge in [0.05, 0.1) is 11.9 Å². The van der Waals surface area contributed by atoms with Crippen LogP contribution in [0.2, 0.25) is 0 Å². The quantitative estimate of drug-likeness (QED) is 0.733. The number of anilines is 1. The number of carboxylic acids is 2. The molecule has 8 nitrogen and oxygen atoms in total. The fourth-order valence-corrected chi connectivity index (χ4v) is 4.36. The van der Waals surface area contributed by atoms with E-state index in [1.807, 2.05) is 0 Å². The number of rotatable bonds is 5. The topological polar surface area (TPSA) is 117 Å². The van der Waals surface area contributed by atoms with Gasteiger partial charge in [-0.05, 0) is 37.5 Å². The van der Waals surface area contributed by atoms with Crippen molar-refractivity contribution in [1.82, 2.24) is 15.0 Å². The number of carboxylic acid groups (broad SMARTS) is 2. The van der Waals surface area contributed by atoms with Crippen LogP contribution in [0.25, 0.3) is 11.3 Å². The first-order chi connectivity index (χ1) is 15.4. The van der Waals surface area contributed by atoms with Gasteiger partial charge in [0.25, 0.3) is 0 Å². The van der Waals surface area contributed by atoms with Crippen LogP contribution in [0.1, 0.15) is 44.7 Å². The Balaban J connectivity index is 1.91. The molecule has 2 aliphatic rings. The standard InChI is InChI=1S/C24H26N4O4/c1-16-6-9-24(23(31)32,14-18(16)22(29)30)20-21(28-12-4-2-3-5-13-28)26-15-19(27-20)17-7-10-25-11-8-17/h6-11,15H,2-5,12-14H2,1H3,(H,29,30)(H,31,32). The van der Waals surface area contributed by atoms with Crippen LogP contribution in [0.5, 0.6) is 0 Å². The maximum atomic E-state index is 12.7. The number of aliphatic carboxylic acids is 2. The van der Waals surface area contributed by atoms with E-state index in [1.54, 1.807) is 49.8 Å². The van der Waals surface area contributed by atoms with Gasteiger partial charge < -0.3 is 15.1 Å². The number of hydrogen-bond acceptors (Lipinski definition) is 6. The molecule has 1 unspecified atom stereocenters. The summed E-state index contributed by atoms with van der Waals surface area (Å²) in [4.78, 5) is 40.3. The van der Waals surface area contributed by atoms with Crippen molar-refractivity contribution in [3.8, 4) is 11.3 Å². The average molecular weight is 434 g/mol. The minimum absolute atomic E-state index is 0.0767. The monoisotopic (exact) mass is 434 g/mol. The summed E-state index contributed by atoms with van der Waals surface area (Å²) in [5, 5.41) is 20.1. The molecule has 0 bridgehead atoms. The molecular weight excluding hydrogens is 408 g/mol. The maximum Gasteiger partial charge on any atom is 0.331 e. The minimum atomic E-state index is -1.62. The summed E-state index contributed by atoms with van der Waals surface area (Å²) in [6, 6.07) is 3.58. The summed E-state index contributed by atoms with van der Waals surface area (Å²) in [6.45, 7) is 3.20. The molecule has 0 radical (unpaired) electrons. The number of pyridine rings is 1. The lowest BCUT2D eigenvalue weighted by atomic mass is 9.73. The van der Waals surface area contributed by atoms with Gasteiger partial charge in [0.15, 0.2) is 5.82 Å². The van der Waals surface area contributed by atoms with E-state index in [0.29, 0.717) is 17.1 Å². The molecule has 0 spiro atoms. The summed E-state index contributed by atoms with van der Waals surface area (Å²) in [5.74, 6) is -1.75. The van der Waals surface area contributed by atoms with Crippen LogP contribution in [-0.4, -0.2) is 50.2 Å². The molecule has 8 heteroatoms. The second-order valence-corrected chi connectivity index (χ2v) is 8.32. The predicted molar refractivity (Wildman–Crippen MR) is 119 cm³/mol. The van der Waals surface area contributed by atoms with Crippen LogP contribution >= 0.6 is 0 Å². The van der Waals surface area contributed by atoms with Crippen LogP contribution in [0.15, 0.2) is 54.0 Å². The molecule has 2 N–H and O–H groups in total. The molecule has 4 rings (SSSR count). The molecule has 0 saturated carbocycles. The van der Waals surface area contributed by atoms with Gasteiger partial charge in [-0.1, -0.05) is 25.0 Å². The smallest absolute Gasteiger partial charge is 0.331 e. The fraction of sp³-hybridized carbons (Fsp3) is 0.375. The minimum Gasteiger partial charge on any atom is -0.480 e. The first kappa shape index (κ1) is 21.7. The summed E-state index contributed by atoms with van der Waals surface area (Å²) < 4.78 is 0. The number of allylic oxidation sites excluding steroid dienone is 2. The molecule has 1 saturated heterocycles. The van der Waals surface area contributed by atoms with Crippen LogP contribution in [-0.2, 0) is 15.0 Å². The van der Waals surface area contributed by atoms with Crippen molar-refractivity contribution in [3.05, 3.63) is 59.7 Å². The highest BCUT2D eigenvalue weighted by Crippen LogP contribution is 2.42. The Kier molecular flexibility index (Phi) is 6.03. The van der Waals surface area contributed by atoms with Gasteiger partial charge in [0.1, 0.15) is 11.1 Å². The SMILES string of the molecule is CC1=C(C(=O)O)CC(C(=O)O)(c2nc(-c3ccncc3)cnc2N2CCCCCC2)C=C1. The summed E-state index contributed by atoms with van der Waals surface area (Å²) >= 11 is 0. The molecule has 32 heavy (non-hydrogen) atoms. The molecule has 0 aromatic carbocycles. The third kappa shape index (κ3) is 4.00. The summed E-state index contributed by atoms with van der Waals surface area (Å²) in [6.07, 6.45) is 12.1. The van der Waals surface area contributed by atoms with E-state index in [9.17, 15) is 19.8 Å². The van der Waals surface area contributed by atoms with E-state index in [1.165, 1.54) is 0 Å². The van der Waals surface area contributed by atoms with Crippen molar-refractivity contribution in [2.45, 2.75) is 44.4 Å². The lowest BCUT2D eigenvalue weighted by Gasteiger charge is -2.33. The lowest BCUT2D eigenvalue weighted by molar-refractivity contribution is -0.142. The van der Waals surface area contributed by atoms with Crippen molar-refractivity contribution in [3.63, 3.8) is 0 Å². The van der Waals surface area contributed by atoms with Gasteiger partial charge >= 0.3 is 11.9 Å². The second kappa shape index (κ2) is 8.90. The highest BCUT2D eigenvalue weighted by Gasteiger charge is 2.46. The third-order valence-corrected chi connectivity index (χ3v) is 6.25. The molecular formula is C24H26N4O4. The van der Waals surface area contributed by atoms with E-state index < -0.39 is 17.4 Å². The van der Waals surface area contributed by atoms with Gasteiger partial charge in [-0.15, -0.1) is 0 Å². The molecule has 2 aromatic heterocycles. The van der Waals surface area contributed by atoms with Gasteiger partial charge in [0, 0.05) is 43.0 Å². The molecule has 2 aromatic rings. The zero-order valence-electron chi connectivity index (χ0n) is 18.0. The Labute approximate surface area is 186 Å². The highest BCUT2D eigenvalue weighted by atomic mass is 16.4. The van der Waals surface area contributed by atoms with Crippen molar-refractivity contribution in [1.29, 1.82) is 0 Å². The van der Waals surface area contributed by atoms with E-state index >= 15 is 0 Å². The van der Waals surface area contributed by atoms with E-state index in [-0.39, 0.29) is 17.7 Å². The molecule has 166 valence electrons. The van der Waals surface area contributed by atoms with Crippen molar-refractivity contribution in [2.24, 2.45) is 0 Å². The molecule has 1 aliphatic carbocycles. The molecule has 1 aliphatic heterocycles. The van der Waals surface area contributed by atoms with Crippen molar-refractivity contribution in [2.75, 3.05) is 18.0 Å². The molecule has 3 heterocycles. The largest absolute Gasteiger partial charge is 0.480 e. The summed E-state index contributed by atoms with van der Waals surface area (Å²) in [5.41, 5.74) is 0.575. The van der Waals surface area contributed by atoms with E-state index in [4.69, 9.17) is 9.97 Å². The number of carbonyl (C=O) groups is 2. The Morgan fingerprint density at radius 3 is 2.38 bits per heavy atom. The maximum absolute atomic E-state index is 12.7. The van der Waals surface area contributed by atoms with Gasteiger partial charge in [-0.3, -0.25) is 9.78 Å². The van der Waals surface area contributed by atoms with Gasteiger partial charge in [-0.2, -0.15) is 0 Å². The van der Waals surface area contributed by atoms with Crippen LogP contribution in [0.3, 0.4) is 0 Å². The first-order valence-corrected chi connectivity index (χ1v) is 10.8. The zero-order valence-corrected chi connectivity index (χ0v) is 18.0. The van der Waals surface area contributed by atoms with Crippen LogP contribution in [0, 0.1) is 0 Å². The normalized spacial score (nSPS) is 21.3. The first-order valence-electron chi connectivity index (χ1n) is 10.8. The Bertz CT molecular complexity index is 1090. The van der Waals surface area contributed by atoms with Crippen molar-refractivity contribution < 1.29 is 19.8 Å². The Morgan fingerprint density at radius 1 is 1.06 bits per heavy atom. The van der Waals surface area contributed by atoms with Gasteiger partial charge in [-0.25, -0.2) is 14.8 Å². The second-order valence-electron chi connectivity index (χ2n) is 8.32. The van der Waals surface area contributed by atoms with Gasteiger partial charge in [0.2, 0.25) is 0 Å². The zero-order chi connectivity index (χ0) is 22.7. The Hall–Kier alpha value is -3.55. The van der Waals surface area contributed by atoms with Crippen LogP contribution in [0.4, 0.5) is 5.82 Å². The third-order valence-electron chi connectivity index (χ3n) is 6.25. The number of hydrogen-bond donors (Lipinski definition) is 2. The highest BCUT2D eigenvalue weighted by molar-refractivity contribution is 5.94. The fourth-order valence-electron chi connectivity index (χ4n) is 4.36. The molecule has 1 fully saturated rings. The Morgan fingerprint density at radius 2 is 1.75 bits per heavy atom. The van der Waals surface area contributed by atoms with E-state index in [2.05, 4.69) is 9.88 Å². The number of aromatic nitrogens is 3. The predicted octanol–water partition coefficient (Wildman–Crippen LogP) is 3.60. The van der Waals surface area contributed by atoms with Crippen molar-refractivity contribution >= 4 is 17.8 Å². The summed E-state index contributed by atoms with van der Waals surface area (Å²) in [7, 11) is 0. The number of nitrogens with zero attached hydrogens (tertiary/aromatic N) is 4. The van der Waals surface area contributed by atoms with E-state index in [0.717, 1.165) is 44.3 Å². The van der Waals surface area contributed by atoms with Crippen LogP contribution < -0.4 is 4.90 Å². The lowest BCUT2D eigenvalue weighted by Crippen LogP contribution is -2.40. The molecule has 0 amide bonds.